The first-order chi connectivity index (χ1) is 9.10. The van der Waals surface area contributed by atoms with Crippen LogP contribution in [0.4, 0.5) is 0 Å². The van der Waals surface area contributed by atoms with Gasteiger partial charge in [0.25, 0.3) is 5.22 Å². The van der Waals surface area contributed by atoms with Crippen molar-refractivity contribution in [1.82, 2.24) is 10.2 Å². The Kier molecular flexibility index (Phi) is 4.18. The van der Waals surface area contributed by atoms with E-state index in [0.29, 0.717) is 22.4 Å². The molecular formula is C12H14N4O2S. The maximum Gasteiger partial charge on any atom is 0.276 e. The van der Waals surface area contributed by atoms with Crippen LogP contribution in [-0.4, -0.2) is 16.1 Å². The van der Waals surface area contributed by atoms with Gasteiger partial charge in [0.2, 0.25) is 11.8 Å². The van der Waals surface area contributed by atoms with Crippen molar-refractivity contribution in [3.8, 4) is 0 Å². The third-order valence-corrected chi connectivity index (χ3v) is 3.47. The van der Waals surface area contributed by atoms with Gasteiger partial charge in [-0.3, -0.25) is 4.79 Å². The minimum absolute atomic E-state index is 0.236. The molecule has 7 heteroatoms. The SMILES string of the molecule is Cc1cc(C(N)=O)ccc1CSc1nnc(CN)o1. The Morgan fingerprint density at radius 2 is 2.21 bits per heavy atom. The first-order valence-electron chi connectivity index (χ1n) is 5.64. The van der Waals surface area contributed by atoms with Crippen LogP contribution in [0.2, 0.25) is 0 Å². The zero-order valence-electron chi connectivity index (χ0n) is 10.4. The fourth-order valence-corrected chi connectivity index (χ4v) is 2.39. The van der Waals surface area contributed by atoms with Gasteiger partial charge in [-0.15, -0.1) is 10.2 Å². The van der Waals surface area contributed by atoms with Crippen LogP contribution in [0, 0.1) is 6.92 Å². The summed E-state index contributed by atoms with van der Waals surface area (Å²) in [6.07, 6.45) is 0. The number of rotatable bonds is 5. The maximum atomic E-state index is 11.1. The lowest BCUT2D eigenvalue weighted by Gasteiger charge is -2.05. The predicted octanol–water partition coefficient (Wildman–Crippen LogP) is 1.23. The van der Waals surface area contributed by atoms with Gasteiger partial charge in [0.05, 0.1) is 6.54 Å². The minimum atomic E-state index is -0.424. The molecule has 0 spiro atoms. The molecule has 0 unspecified atom stereocenters. The summed E-state index contributed by atoms with van der Waals surface area (Å²) in [5.41, 5.74) is 13.2. The fraction of sp³-hybridized carbons (Fsp3) is 0.250. The Morgan fingerprint density at radius 1 is 1.42 bits per heavy atom. The Morgan fingerprint density at radius 3 is 2.79 bits per heavy atom. The standard InChI is InChI=1S/C12H14N4O2S/c1-7-4-8(11(14)17)2-3-9(7)6-19-12-16-15-10(5-13)18-12/h2-4H,5-6,13H2,1H3,(H2,14,17). The van der Waals surface area contributed by atoms with E-state index in [2.05, 4.69) is 10.2 Å². The number of amides is 1. The smallest absolute Gasteiger partial charge is 0.276 e. The van der Waals surface area contributed by atoms with Crippen molar-refractivity contribution in [2.45, 2.75) is 24.4 Å². The number of primary amides is 1. The van der Waals surface area contributed by atoms with Crippen molar-refractivity contribution >= 4 is 17.7 Å². The maximum absolute atomic E-state index is 11.1. The number of benzene rings is 1. The molecule has 2 aromatic rings. The van der Waals surface area contributed by atoms with Gasteiger partial charge in [-0.25, -0.2) is 0 Å². The molecule has 4 N–H and O–H groups in total. The van der Waals surface area contributed by atoms with Gasteiger partial charge in [0, 0.05) is 11.3 Å². The van der Waals surface area contributed by atoms with E-state index in [1.54, 1.807) is 12.1 Å². The Balaban J connectivity index is 2.05. The molecule has 2 rings (SSSR count). The number of nitrogens with zero attached hydrogens (tertiary/aromatic N) is 2. The largest absolute Gasteiger partial charge is 0.415 e. The molecule has 1 aromatic heterocycles. The number of thioether (sulfide) groups is 1. The highest BCUT2D eigenvalue weighted by atomic mass is 32.2. The van der Waals surface area contributed by atoms with E-state index in [9.17, 15) is 4.79 Å². The van der Waals surface area contributed by atoms with Gasteiger partial charge >= 0.3 is 0 Å². The van der Waals surface area contributed by atoms with Crippen LogP contribution in [0.15, 0.2) is 27.8 Å². The third-order valence-electron chi connectivity index (χ3n) is 2.60. The number of hydrogen-bond acceptors (Lipinski definition) is 6. The number of aryl methyl sites for hydroxylation is 1. The van der Waals surface area contributed by atoms with E-state index in [0.717, 1.165) is 11.1 Å². The summed E-state index contributed by atoms with van der Waals surface area (Å²) in [4.78, 5) is 11.1. The molecule has 0 fully saturated rings. The summed E-state index contributed by atoms with van der Waals surface area (Å²) in [6, 6.07) is 5.37. The van der Waals surface area contributed by atoms with Gasteiger partial charge in [0.1, 0.15) is 0 Å². The van der Waals surface area contributed by atoms with E-state index >= 15 is 0 Å². The predicted molar refractivity (Wildman–Crippen MR) is 71.4 cm³/mol. The second kappa shape index (κ2) is 5.85. The fourth-order valence-electron chi connectivity index (χ4n) is 1.53. The Labute approximate surface area is 114 Å². The molecule has 0 radical (unpaired) electrons. The van der Waals surface area contributed by atoms with E-state index < -0.39 is 5.91 Å². The van der Waals surface area contributed by atoms with Crippen molar-refractivity contribution in [1.29, 1.82) is 0 Å². The number of carbonyl (C=O) groups excluding carboxylic acids is 1. The number of aromatic nitrogens is 2. The summed E-state index contributed by atoms with van der Waals surface area (Å²) in [5.74, 6) is 0.673. The van der Waals surface area contributed by atoms with Crippen molar-refractivity contribution in [3.05, 3.63) is 40.8 Å². The van der Waals surface area contributed by atoms with Gasteiger partial charge in [-0.1, -0.05) is 17.8 Å². The van der Waals surface area contributed by atoms with Crippen LogP contribution in [0.5, 0.6) is 0 Å². The molecule has 1 aromatic carbocycles. The van der Waals surface area contributed by atoms with Gasteiger partial charge in [-0.05, 0) is 30.2 Å². The van der Waals surface area contributed by atoms with Crippen LogP contribution in [0.25, 0.3) is 0 Å². The Bertz CT molecular complexity index is 597. The second-order valence-corrected chi connectivity index (χ2v) is 4.89. The average molecular weight is 278 g/mol. The molecule has 6 nitrogen and oxygen atoms in total. The molecule has 100 valence electrons. The minimum Gasteiger partial charge on any atom is -0.415 e. The molecule has 0 saturated carbocycles. The third kappa shape index (κ3) is 3.33. The molecule has 0 aliphatic rings. The summed E-state index contributed by atoms with van der Waals surface area (Å²) < 4.78 is 5.30. The molecule has 0 aliphatic heterocycles. The number of nitrogens with two attached hydrogens (primary N) is 2. The lowest BCUT2D eigenvalue weighted by Crippen LogP contribution is -2.11. The Hall–Kier alpha value is -1.86. The van der Waals surface area contributed by atoms with Crippen LogP contribution < -0.4 is 11.5 Å². The second-order valence-electron chi connectivity index (χ2n) is 3.96. The highest BCUT2D eigenvalue weighted by Crippen LogP contribution is 2.23. The summed E-state index contributed by atoms with van der Waals surface area (Å²) in [5, 5.41) is 8.14. The zero-order chi connectivity index (χ0) is 13.8. The van der Waals surface area contributed by atoms with Crippen molar-refractivity contribution in [2.75, 3.05) is 0 Å². The average Bonchev–Trinajstić information content (AvgIpc) is 2.85. The van der Waals surface area contributed by atoms with Crippen LogP contribution in [-0.2, 0) is 12.3 Å². The summed E-state index contributed by atoms with van der Waals surface area (Å²) >= 11 is 1.43. The van der Waals surface area contributed by atoms with Crippen molar-refractivity contribution in [2.24, 2.45) is 11.5 Å². The van der Waals surface area contributed by atoms with Gasteiger partial charge in [0.15, 0.2) is 0 Å². The van der Waals surface area contributed by atoms with Crippen molar-refractivity contribution < 1.29 is 9.21 Å². The molecule has 19 heavy (non-hydrogen) atoms. The van der Waals surface area contributed by atoms with Crippen LogP contribution in [0.1, 0.15) is 27.4 Å². The first-order valence-corrected chi connectivity index (χ1v) is 6.63. The molecule has 0 aliphatic carbocycles. The monoisotopic (exact) mass is 278 g/mol. The topological polar surface area (TPSA) is 108 Å². The molecule has 0 saturated heterocycles. The van der Waals surface area contributed by atoms with E-state index in [1.165, 1.54) is 11.8 Å². The zero-order valence-corrected chi connectivity index (χ0v) is 11.2. The van der Waals surface area contributed by atoms with E-state index in [-0.39, 0.29) is 6.54 Å². The lowest BCUT2D eigenvalue weighted by atomic mass is 10.1. The van der Waals surface area contributed by atoms with Gasteiger partial charge in [-0.2, -0.15) is 0 Å². The quantitative estimate of drug-likeness (QED) is 0.796. The molecular weight excluding hydrogens is 264 g/mol. The highest BCUT2D eigenvalue weighted by Gasteiger charge is 2.08. The lowest BCUT2D eigenvalue weighted by molar-refractivity contribution is 0.1000. The first kappa shape index (κ1) is 13.6. The number of carbonyl (C=O) groups is 1. The van der Waals surface area contributed by atoms with Crippen LogP contribution >= 0.6 is 11.8 Å². The van der Waals surface area contributed by atoms with Crippen molar-refractivity contribution in [3.63, 3.8) is 0 Å². The molecule has 0 bridgehead atoms. The van der Waals surface area contributed by atoms with Gasteiger partial charge < -0.3 is 15.9 Å². The van der Waals surface area contributed by atoms with E-state index in [4.69, 9.17) is 15.9 Å². The molecule has 1 amide bonds. The van der Waals surface area contributed by atoms with Crippen LogP contribution in [0.3, 0.4) is 0 Å². The summed E-state index contributed by atoms with van der Waals surface area (Å²) in [6.45, 7) is 2.17. The number of hydrogen-bond donors (Lipinski definition) is 2. The molecule has 1 heterocycles. The normalized spacial score (nSPS) is 10.6. The van der Waals surface area contributed by atoms with E-state index in [1.807, 2.05) is 13.0 Å². The molecule has 0 atom stereocenters. The highest BCUT2D eigenvalue weighted by molar-refractivity contribution is 7.98. The summed E-state index contributed by atoms with van der Waals surface area (Å²) in [7, 11) is 0.